The normalized spacial score (nSPS) is 14.1. The van der Waals surface area contributed by atoms with E-state index in [1.54, 1.807) is 0 Å². The Kier molecular flexibility index (Phi) is 2.80. The Morgan fingerprint density at radius 2 is 1.93 bits per heavy atom. The molecule has 1 aromatic heterocycles. The summed E-state index contributed by atoms with van der Waals surface area (Å²) in [7, 11) is 0. The molecule has 78 valence electrons. The smallest absolute Gasteiger partial charge is 0.387 e. The molecule has 2 nitrogen and oxygen atoms in total. The number of aromatic nitrogens is 1. The van der Waals surface area contributed by atoms with Crippen LogP contribution in [0.2, 0.25) is 0 Å². The van der Waals surface area contributed by atoms with Crippen molar-refractivity contribution in [3.05, 3.63) is 29.1 Å². The van der Waals surface area contributed by atoms with Crippen LogP contribution in [0, 0.1) is 6.92 Å². The Morgan fingerprint density at radius 3 is 2.36 bits per heavy atom. The Bertz CT molecular complexity index is 333. The van der Waals surface area contributed by atoms with Crippen molar-refractivity contribution in [2.45, 2.75) is 26.1 Å². The van der Waals surface area contributed by atoms with Crippen molar-refractivity contribution < 1.29 is 18.3 Å². The predicted molar refractivity (Wildman–Crippen MR) is 44.6 cm³/mol. The van der Waals surface area contributed by atoms with Crippen LogP contribution in [0.4, 0.5) is 13.2 Å². The number of rotatable bonds is 1. The minimum absolute atomic E-state index is 0.0392. The summed E-state index contributed by atoms with van der Waals surface area (Å²) in [6.45, 7) is 2.84. The second kappa shape index (κ2) is 3.57. The third-order valence-electron chi connectivity index (χ3n) is 1.73. The summed E-state index contributed by atoms with van der Waals surface area (Å²) in [6.07, 6.45) is -5.38. The predicted octanol–water partition coefficient (Wildman–Crippen LogP) is 2.46. The molecule has 0 radical (unpaired) electrons. The number of alkyl halides is 3. The van der Waals surface area contributed by atoms with Gasteiger partial charge in [-0.25, -0.2) is 0 Å². The first-order valence-corrected chi connectivity index (χ1v) is 4.04. The average molecular weight is 205 g/mol. The largest absolute Gasteiger partial charge is 0.416 e. The molecule has 1 aromatic rings. The third kappa shape index (κ3) is 2.45. The molecule has 0 bridgehead atoms. The summed E-state index contributed by atoms with van der Waals surface area (Å²) < 4.78 is 36.9. The van der Waals surface area contributed by atoms with Crippen LogP contribution < -0.4 is 0 Å². The van der Waals surface area contributed by atoms with E-state index in [9.17, 15) is 13.2 Å². The van der Waals surface area contributed by atoms with Gasteiger partial charge in [-0.2, -0.15) is 13.2 Å². The summed E-state index contributed by atoms with van der Waals surface area (Å²) in [6, 6.07) is 1.81. The van der Waals surface area contributed by atoms with E-state index >= 15 is 0 Å². The maximum Gasteiger partial charge on any atom is 0.416 e. The number of pyridine rings is 1. The molecule has 0 amide bonds. The maximum atomic E-state index is 12.3. The fourth-order valence-electron chi connectivity index (χ4n) is 1.07. The highest BCUT2D eigenvalue weighted by Gasteiger charge is 2.31. The van der Waals surface area contributed by atoms with Crippen LogP contribution in [0.3, 0.4) is 0 Å². The van der Waals surface area contributed by atoms with Crippen LogP contribution in [0.1, 0.15) is 30.0 Å². The van der Waals surface area contributed by atoms with Gasteiger partial charge >= 0.3 is 6.18 Å². The van der Waals surface area contributed by atoms with E-state index in [0.29, 0.717) is 0 Å². The molecule has 0 saturated carbocycles. The number of aryl methyl sites for hydroxylation is 1. The molecule has 14 heavy (non-hydrogen) atoms. The van der Waals surface area contributed by atoms with E-state index in [-0.39, 0.29) is 11.4 Å². The van der Waals surface area contributed by atoms with Gasteiger partial charge in [0.2, 0.25) is 0 Å². The number of halogens is 3. The van der Waals surface area contributed by atoms with Crippen LogP contribution in [-0.4, -0.2) is 10.1 Å². The molecule has 1 atom stereocenters. The zero-order valence-corrected chi connectivity index (χ0v) is 7.76. The fourth-order valence-corrected chi connectivity index (χ4v) is 1.07. The van der Waals surface area contributed by atoms with Gasteiger partial charge in [-0.05, 0) is 26.0 Å². The molecule has 1 unspecified atom stereocenters. The molecule has 0 spiro atoms. The molecule has 0 aliphatic rings. The lowest BCUT2D eigenvalue weighted by Crippen LogP contribution is -2.08. The van der Waals surface area contributed by atoms with Gasteiger partial charge in [0, 0.05) is 5.69 Å². The highest BCUT2D eigenvalue weighted by molar-refractivity contribution is 5.24. The first-order valence-electron chi connectivity index (χ1n) is 4.04. The molecule has 0 fully saturated rings. The van der Waals surface area contributed by atoms with Crippen LogP contribution in [0.15, 0.2) is 12.1 Å². The van der Waals surface area contributed by atoms with Gasteiger partial charge in [0.05, 0.1) is 17.4 Å². The van der Waals surface area contributed by atoms with Crippen molar-refractivity contribution >= 4 is 0 Å². The molecule has 1 heterocycles. The number of aliphatic hydroxyl groups excluding tert-OH is 1. The lowest BCUT2D eigenvalue weighted by molar-refractivity contribution is -0.137. The van der Waals surface area contributed by atoms with Crippen LogP contribution in [0.25, 0.3) is 0 Å². The van der Waals surface area contributed by atoms with Crippen LogP contribution in [-0.2, 0) is 6.18 Å². The lowest BCUT2D eigenvalue weighted by atomic mass is 10.1. The molecule has 0 saturated heterocycles. The van der Waals surface area contributed by atoms with Gasteiger partial charge in [-0.1, -0.05) is 0 Å². The van der Waals surface area contributed by atoms with Crippen molar-refractivity contribution in [2.75, 3.05) is 0 Å². The molecular formula is C9H10F3NO. The second-order valence-electron chi connectivity index (χ2n) is 3.10. The summed E-state index contributed by atoms with van der Waals surface area (Å²) in [5.41, 5.74) is -0.492. The Labute approximate surface area is 79.4 Å². The van der Waals surface area contributed by atoms with Gasteiger partial charge in [-0.3, -0.25) is 4.98 Å². The third-order valence-corrected chi connectivity index (χ3v) is 1.73. The number of hydrogen-bond acceptors (Lipinski definition) is 2. The van der Waals surface area contributed by atoms with Crippen molar-refractivity contribution in [2.24, 2.45) is 0 Å². The van der Waals surface area contributed by atoms with Crippen molar-refractivity contribution in [1.82, 2.24) is 4.98 Å². The number of hydrogen-bond donors (Lipinski definition) is 1. The topological polar surface area (TPSA) is 33.1 Å². The Balaban J connectivity index is 3.21. The molecular weight excluding hydrogens is 195 g/mol. The summed E-state index contributed by atoms with van der Waals surface area (Å²) in [5, 5.41) is 9.11. The zero-order valence-electron chi connectivity index (χ0n) is 7.76. The quantitative estimate of drug-likeness (QED) is 0.763. The molecule has 0 aliphatic heterocycles. The van der Waals surface area contributed by atoms with E-state index in [4.69, 9.17) is 5.11 Å². The van der Waals surface area contributed by atoms with Gasteiger partial charge in [0.1, 0.15) is 0 Å². The second-order valence-corrected chi connectivity index (χ2v) is 3.10. The fraction of sp³-hybridized carbons (Fsp3) is 0.444. The molecule has 0 aromatic carbocycles. The number of aliphatic hydroxyl groups is 1. The first kappa shape index (κ1) is 11.0. The first-order chi connectivity index (χ1) is 6.30. The molecule has 0 aliphatic carbocycles. The average Bonchev–Trinajstić information content (AvgIpc) is 2.01. The van der Waals surface area contributed by atoms with Crippen molar-refractivity contribution in [1.29, 1.82) is 0 Å². The Hall–Kier alpha value is -1.10. The van der Waals surface area contributed by atoms with Crippen LogP contribution >= 0.6 is 0 Å². The molecule has 1 rings (SSSR count). The van der Waals surface area contributed by atoms with E-state index in [1.807, 2.05) is 0 Å². The van der Waals surface area contributed by atoms with E-state index in [1.165, 1.54) is 13.8 Å². The highest BCUT2D eigenvalue weighted by Crippen LogP contribution is 2.30. The van der Waals surface area contributed by atoms with Gasteiger partial charge < -0.3 is 5.11 Å². The molecule has 5 heteroatoms. The zero-order chi connectivity index (χ0) is 10.9. The molecule has 1 N–H and O–H groups in total. The minimum Gasteiger partial charge on any atom is -0.387 e. The van der Waals surface area contributed by atoms with Gasteiger partial charge in [-0.15, -0.1) is 0 Å². The van der Waals surface area contributed by atoms with Crippen molar-refractivity contribution in [3.8, 4) is 0 Å². The monoisotopic (exact) mass is 205 g/mol. The van der Waals surface area contributed by atoms with Crippen molar-refractivity contribution in [3.63, 3.8) is 0 Å². The summed E-state index contributed by atoms with van der Waals surface area (Å²) in [5.74, 6) is 0. The van der Waals surface area contributed by atoms with Gasteiger partial charge in [0.15, 0.2) is 0 Å². The highest BCUT2D eigenvalue weighted by atomic mass is 19.4. The van der Waals surface area contributed by atoms with E-state index in [2.05, 4.69) is 4.98 Å². The maximum absolute atomic E-state index is 12.3. The minimum atomic E-state index is -4.39. The van der Waals surface area contributed by atoms with Gasteiger partial charge in [0.25, 0.3) is 0 Å². The summed E-state index contributed by atoms with van der Waals surface area (Å²) in [4.78, 5) is 3.80. The lowest BCUT2D eigenvalue weighted by Gasteiger charge is -2.11. The van der Waals surface area contributed by atoms with E-state index in [0.717, 1.165) is 12.1 Å². The standard InChI is InChI=1S/C9H10F3NO/c1-5-3-7(9(10,11)12)4-8(13-5)6(2)14/h3-4,6,14H,1-2H3. The van der Waals surface area contributed by atoms with E-state index < -0.39 is 17.8 Å². The summed E-state index contributed by atoms with van der Waals surface area (Å²) >= 11 is 0. The Morgan fingerprint density at radius 1 is 1.36 bits per heavy atom. The number of nitrogens with zero attached hydrogens (tertiary/aromatic N) is 1. The SMILES string of the molecule is Cc1cc(C(F)(F)F)cc(C(C)O)n1. The van der Waals surface area contributed by atoms with Crippen LogP contribution in [0.5, 0.6) is 0 Å².